The van der Waals surface area contributed by atoms with Gasteiger partial charge in [-0.15, -0.1) is 0 Å². The number of halogens is 2. The molecule has 1 aromatic rings. The summed E-state index contributed by atoms with van der Waals surface area (Å²) >= 11 is 11.6. The fraction of sp³-hybridized carbons (Fsp3) is 0.357. The van der Waals surface area contributed by atoms with Crippen molar-refractivity contribution in [2.45, 2.75) is 19.9 Å². The van der Waals surface area contributed by atoms with Gasteiger partial charge in [-0.1, -0.05) is 23.2 Å². The minimum absolute atomic E-state index is 0.0113. The summed E-state index contributed by atoms with van der Waals surface area (Å²) in [5.74, 6) is -1.80. The zero-order chi connectivity index (χ0) is 17.6. The Morgan fingerprint density at radius 3 is 2.57 bits per heavy atom. The Kier molecular flexibility index (Phi) is 7.12. The number of hydrogen-bond donors (Lipinski definition) is 3. The van der Waals surface area contributed by atoms with E-state index in [0.717, 1.165) is 0 Å². The van der Waals surface area contributed by atoms with Gasteiger partial charge < -0.3 is 21.1 Å². The number of hydrogen-bond acceptors (Lipinski definition) is 5. The predicted octanol–water partition coefficient (Wildman–Crippen LogP) is 1.37. The molecule has 1 aromatic carbocycles. The lowest BCUT2D eigenvalue weighted by Gasteiger charge is -2.13. The van der Waals surface area contributed by atoms with Crippen LogP contribution in [-0.4, -0.2) is 37.0 Å². The van der Waals surface area contributed by atoms with E-state index in [9.17, 15) is 14.4 Å². The molecule has 0 radical (unpaired) electrons. The van der Waals surface area contributed by atoms with E-state index < -0.39 is 24.5 Å². The van der Waals surface area contributed by atoms with Gasteiger partial charge in [0, 0.05) is 11.6 Å². The van der Waals surface area contributed by atoms with E-state index in [2.05, 4.69) is 10.6 Å². The molecule has 0 heterocycles. The van der Waals surface area contributed by atoms with Crippen LogP contribution in [0.3, 0.4) is 0 Å². The van der Waals surface area contributed by atoms with Crippen LogP contribution >= 0.6 is 23.2 Å². The Labute approximate surface area is 143 Å². The number of rotatable bonds is 6. The third-order valence-electron chi connectivity index (χ3n) is 2.77. The van der Waals surface area contributed by atoms with Gasteiger partial charge in [0.2, 0.25) is 5.91 Å². The molecule has 7 nitrogen and oxygen atoms in total. The zero-order valence-corrected chi connectivity index (χ0v) is 14.1. The number of benzene rings is 1. The molecule has 0 aliphatic heterocycles. The smallest absolute Gasteiger partial charge is 0.340 e. The van der Waals surface area contributed by atoms with Crippen molar-refractivity contribution in [3.8, 4) is 0 Å². The van der Waals surface area contributed by atoms with Crippen LogP contribution < -0.4 is 16.4 Å². The number of esters is 1. The van der Waals surface area contributed by atoms with Gasteiger partial charge in [-0.05, 0) is 26.0 Å². The highest BCUT2D eigenvalue weighted by Gasteiger charge is 2.18. The fourth-order valence-corrected chi connectivity index (χ4v) is 2.13. The van der Waals surface area contributed by atoms with Crippen LogP contribution in [0.5, 0.6) is 0 Å². The monoisotopic (exact) mass is 361 g/mol. The van der Waals surface area contributed by atoms with Crippen molar-refractivity contribution in [2.75, 3.05) is 18.9 Å². The number of amides is 2. The standard InChI is InChI=1S/C14H17Cl2N3O4/c1-3-18-13(21)7(2)19-11(20)6-23-14(22)9-4-8(15)5-10(16)12(9)17/h4-5,7H,3,6,17H2,1-2H3,(H,18,21)(H,19,20)/t7-/m0/s1. The van der Waals surface area contributed by atoms with Crippen LogP contribution in [0.1, 0.15) is 24.2 Å². The van der Waals surface area contributed by atoms with E-state index in [-0.39, 0.29) is 27.2 Å². The molecule has 0 fully saturated rings. The molecular formula is C14H17Cl2N3O4. The lowest BCUT2D eigenvalue weighted by molar-refractivity contribution is -0.130. The molecule has 1 atom stereocenters. The molecule has 9 heteroatoms. The Balaban J connectivity index is 2.60. The second-order valence-corrected chi connectivity index (χ2v) is 5.45. The van der Waals surface area contributed by atoms with Gasteiger partial charge in [0.1, 0.15) is 6.04 Å². The molecule has 0 aliphatic rings. The van der Waals surface area contributed by atoms with Crippen molar-refractivity contribution >= 4 is 46.7 Å². The van der Waals surface area contributed by atoms with Crippen molar-refractivity contribution < 1.29 is 19.1 Å². The minimum Gasteiger partial charge on any atom is -0.452 e. The molecule has 0 spiro atoms. The predicted molar refractivity (Wildman–Crippen MR) is 87.4 cm³/mol. The highest BCUT2D eigenvalue weighted by Crippen LogP contribution is 2.27. The molecule has 126 valence electrons. The summed E-state index contributed by atoms with van der Waals surface area (Å²) in [5.41, 5.74) is 5.64. The third-order valence-corrected chi connectivity index (χ3v) is 3.30. The van der Waals surface area contributed by atoms with E-state index in [4.69, 9.17) is 33.7 Å². The quantitative estimate of drug-likeness (QED) is 0.523. The molecule has 4 N–H and O–H groups in total. The summed E-state index contributed by atoms with van der Waals surface area (Å²) in [6, 6.07) is 1.93. The van der Waals surface area contributed by atoms with E-state index in [1.54, 1.807) is 6.92 Å². The highest BCUT2D eigenvalue weighted by molar-refractivity contribution is 6.37. The first-order chi connectivity index (χ1) is 10.8. The maximum absolute atomic E-state index is 11.9. The number of nitrogens with one attached hydrogen (secondary N) is 2. The molecule has 0 aliphatic carbocycles. The Bertz CT molecular complexity index is 622. The molecule has 1 rings (SSSR count). The second kappa shape index (κ2) is 8.59. The Hall–Kier alpha value is -1.99. The first-order valence-corrected chi connectivity index (χ1v) is 7.50. The van der Waals surface area contributed by atoms with Gasteiger partial charge >= 0.3 is 5.97 Å². The van der Waals surface area contributed by atoms with Gasteiger partial charge in [-0.2, -0.15) is 0 Å². The number of anilines is 1. The highest BCUT2D eigenvalue weighted by atomic mass is 35.5. The maximum atomic E-state index is 11.9. The largest absolute Gasteiger partial charge is 0.452 e. The Morgan fingerprint density at radius 2 is 1.96 bits per heavy atom. The summed E-state index contributed by atoms with van der Waals surface area (Å²) in [6.45, 7) is 3.16. The van der Waals surface area contributed by atoms with Crippen LogP contribution in [-0.2, 0) is 14.3 Å². The molecule has 0 unspecified atom stereocenters. The van der Waals surface area contributed by atoms with Crippen molar-refractivity contribution in [3.05, 3.63) is 27.7 Å². The van der Waals surface area contributed by atoms with Crippen LogP contribution in [0.2, 0.25) is 10.0 Å². The summed E-state index contributed by atoms with van der Waals surface area (Å²) in [6.07, 6.45) is 0. The van der Waals surface area contributed by atoms with E-state index in [1.807, 2.05) is 0 Å². The summed E-state index contributed by atoms with van der Waals surface area (Å²) in [4.78, 5) is 35.1. The molecule has 0 saturated carbocycles. The number of nitrogens with two attached hydrogens (primary N) is 1. The molecule has 2 amide bonds. The van der Waals surface area contributed by atoms with E-state index in [0.29, 0.717) is 6.54 Å². The van der Waals surface area contributed by atoms with Crippen LogP contribution in [0.15, 0.2) is 12.1 Å². The first-order valence-electron chi connectivity index (χ1n) is 6.75. The molecule has 23 heavy (non-hydrogen) atoms. The maximum Gasteiger partial charge on any atom is 0.340 e. The average Bonchev–Trinajstić information content (AvgIpc) is 2.48. The van der Waals surface area contributed by atoms with Gasteiger partial charge in [-0.3, -0.25) is 9.59 Å². The normalized spacial score (nSPS) is 11.5. The number of nitrogen functional groups attached to an aromatic ring is 1. The molecule has 0 saturated heterocycles. The average molecular weight is 362 g/mol. The van der Waals surface area contributed by atoms with Crippen molar-refractivity contribution in [1.29, 1.82) is 0 Å². The van der Waals surface area contributed by atoms with Gasteiger partial charge in [0.05, 0.1) is 16.3 Å². The van der Waals surface area contributed by atoms with Crippen molar-refractivity contribution in [1.82, 2.24) is 10.6 Å². The van der Waals surface area contributed by atoms with Gasteiger partial charge in [0.25, 0.3) is 5.91 Å². The molecular weight excluding hydrogens is 345 g/mol. The fourth-order valence-electron chi connectivity index (χ4n) is 1.64. The number of carbonyl (C=O) groups excluding carboxylic acids is 3. The van der Waals surface area contributed by atoms with Crippen LogP contribution in [0.25, 0.3) is 0 Å². The van der Waals surface area contributed by atoms with Crippen molar-refractivity contribution in [3.63, 3.8) is 0 Å². The molecule has 0 aromatic heterocycles. The van der Waals surface area contributed by atoms with Gasteiger partial charge in [-0.25, -0.2) is 4.79 Å². The third kappa shape index (κ3) is 5.61. The summed E-state index contributed by atoms with van der Waals surface area (Å²) in [5, 5.41) is 5.27. The van der Waals surface area contributed by atoms with E-state index >= 15 is 0 Å². The number of likely N-dealkylation sites (N-methyl/N-ethyl adjacent to an activating group) is 1. The first kappa shape index (κ1) is 19.1. The van der Waals surface area contributed by atoms with Crippen molar-refractivity contribution in [2.24, 2.45) is 0 Å². The lowest BCUT2D eigenvalue weighted by Crippen LogP contribution is -2.46. The summed E-state index contributed by atoms with van der Waals surface area (Å²) < 4.78 is 4.84. The second-order valence-electron chi connectivity index (χ2n) is 4.61. The Morgan fingerprint density at radius 1 is 1.30 bits per heavy atom. The number of ether oxygens (including phenoxy) is 1. The van der Waals surface area contributed by atoms with Gasteiger partial charge in [0.15, 0.2) is 6.61 Å². The lowest BCUT2D eigenvalue weighted by atomic mass is 10.2. The zero-order valence-electron chi connectivity index (χ0n) is 12.6. The topological polar surface area (TPSA) is 111 Å². The van der Waals surface area contributed by atoms with Crippen LogP contribution in [0.4, 0.5) is 5.69 Å². The summed E-state index contributed by atoms with van der Waals surface area (Å²) in [7, 11) is 0. The van der Waals surface area contributed by atoms with Crippen LogP contribution in [0, 0.1) is 0 Å². The number of carbonyl (C=O) groups is 3. The minimum atomic E-state index is -0.840. The SMILES string of the molecule is CCNC(=O)[C@H](C)NC(=O)COC(=O)c1cc(Cl)cc(Cl)c1N. The van der Waals surface area contributed by atoms with E-state index in [1.165, 1.54) is 19.1 Å². The molecule has 0 bridgehead atoms.